The van der Waals surface area contributed by atoms with Gasteiger partial charge in [-0.2, -0.15) is 23.3 Å². The third-order valence-corrected chi connectivity index (χ3v) is 9.06. The number of unbranched alkanes of at least 4 members (excludes halogenated alkanes) is 1. The lowest BCUT2D eigenvalue weighted by atomic mass is 10.1. The summed E-state index contributed by atoms with van der Waals surface area (Å²) in [6.45, 7) is 5.36. The molecule has 0 amide bonds. The van der Waals surface area contributed by atoms with Gasteiger partial charge in [0.2, 0.25) is 16.0 Å². The van der Waals surface area contributed by atoms with Gasteiger partial charge in [0.1, 0.15) is 17.1 Å². The van der Waals surface area contributed by atoms with Gasteiger partial charge in [-0.3, -0.25) is 4.68 Å². The SMILES string of the molecule is CCCCS(=O)(=O)N1CCC(Nc2nc(N3CCn4nccc4C3)c3cccc(OC)c3n2)CC1.O=C(O)C(F)(F)F. The van der Waals surface area contributed by atoms with Crippen LogP contribution >= 0.6 is 0 Å². The molecule has 1 aromatic carbocycles. The highest BCUT2D eigenvalue weighted by Crippen LogP contribution is 2.33. The second kappa shape index (κ2) is 13.1. The number of carboxylic acid groups (broad SMARTS) is 1. The van der Waals surface area contributed by atoms with Crippen LogP contribution in [0.3, 0.4) is 0 Å². The lowest BCUT2D eigenvalue weighted by Crippen LogP contribution is -2.43. The van der Waals surface area contributed by atoms with E-state index < -0.39 is 22.2 Å². The zero-order chi connectivity index (χ0) is 30.5. The van der Waals surface area contributed by atoms with Gasteiger partial charge in [0.25, 0.3) is 0 Å². The molecule has 2 aromatic heterocycles. The molecule has 0 bridgehead atoms. The molecule has 2 aliphatic heterocycles. The van der Waals surface area contributed by atoms with Gasteiger partial charge in [-0.15, -0.1) is 0 Å². The number of nitrogens with one attached hydrogen (secondary N) is 1. The number of para-hydroxylation sites is 1. The highest BCUT2D eigenvalue weighted by molar-refractivity contribution is 7.89. The van der Waals surface area contributed by atoms with Crippen molar-refractivity contribution in [3.63, 3.8) is 0 Å². The summed E-state index contributed by atoms with van der Waals surface area (Å²) in [6.07, 6.45) is -0.232. The molecule has 1 saturated heterocycles. The quantitative estimate of drug-likeness (QED) is 0.388. The predicted octanol–water partition coefficient (Wildman–Crippen LogP) is 3.49. The molecule has 230 valence electrons. The number of benzene rings is 1. The van der Waals surface area contributed by atoms with Crippen LogP contribution in [-0.4, -0.2) is 88.3 Å². The number of methoxy groups -OCH3 is 1. The van der Waals surface area contributed by atoms with Crippen LogP contribution < -0.4 is 15.0 Å². The van der Waals surface area contributed by atoms with Gasteiger partial charge in [-0.05, 0) is 37.5 Å². The van der Waals surface area contributed by atoms with Crippen LogP contribution in [-0.2, 0) is 27.9 Å². The molecule has 2 N–H and O–H groups in total. The molecule has 4 heterocycles. The number of hydrogen-bond acceptors (Lipinski definition) is 9. The smallest absolute Gasteiger partial charge is 0.490 e. The molecule has 0 unspecified atom stereocenters. The van der Waals surface area contributed by atoms with E-state index in [0.29, 0.717) is 31.2 Å². The van der Waals surface area contributed by atoms with E-state index in [9.17, 15) is 21.6 Å². The van der Waals surface area contributed by atoms with Crippen LogP contribution in [0.5, 0.6) is 5.75 Å². The van der Waals surface area contributed by atoms with Gasteiger partial charge >= 0.3 is 12.1 Å². The molecule has 16 heteroatoms. The van der Waals surface area contributed by atoms with Crippen LogP contribution in [0.4, 0.5) is 24.9 Å². The standard InChI is InChI=1S/C24H33N7O3S.C2HF3O2/c1-3-4-16-35(32,33)30-12-9-18(10-13-30)26-24-27-22-20(6-5-7-21(22)34-2)23(28-24)29-14-15-31-19(17-29)8-11-25-31;3-2(4,5)1(6)7/h5-8,11,18H,3-4,9-10,12-17H2,1-2H3,(H,26,27,28);(H,6,7). The van der Waals surface area contributed by atoms with Crippen molar-refractivity contribution in [1.82, 2.24) is 24.1 Å². The summed E-state index contributed by atoms with van der Waals surface area (Å²) in [6, 6.07) is 8.05. The zero-order valence-electron chi connectivity index (χ0n) is 23.3. The lowest BCUT2D eigenvalue weighted by Gasteiger charge is -2.32. The minimum atomic E-state index is -5.08. The van der Waals surface area contributed by atoms with Gasteiger partial charge < -0.3 is 20.1 Å². The van der Waals surface area contributed by atoms with Crippen molar-refractivity contribution >= 4 is 38.7 Å². The summed E-state index contributed by atoms with van der Waals surface area (Å²) >= 11 is 0. The van der Waals surface area contributed by atoms with E-state index in [1.807, 2.05) is 42.1 Å². The minimum Gasteiger partial charge on any atom is -0.494 e. The summed E-state index contributed by atoms with van der Waals surface area (Å²) in [5, 5.41) is 15.9. The number of alkyl halides is 3. The Hall–Kier alpha value is -3.66. The van der Waals surface area contributed by atoms with Crippen LogP contribution in [0.2, 0.25) is 0 Å². The highest BCUT2D eigenvalue weighted by Gasteiger charge is 2.38. The number of hydrogen-bond donors (Lipinski definition) is 2. The zero-order valence-corrected chi connectivity index (χ0v) is 24.2. The Balaban J connectivity index is 0.000000517. The van der Waals surface area contributed by atoms with Gasteiger partial charge in [0.15, 0.2) is 0 Å². The van der Waals surface area contributed by atoms with E-state index in [1.165, 1.54) is 0 Å². The first-order valence-corrected chi connectivity index (χ1v) is 15.2. The number of piperidine rings is 1. The Kier molecular flexibility index (Phi) is 9.76. The van der Waals surface area contributed by atoms with Crippen molar-refractivity contribution < 1.29 is 36.2 Å². The van der Waals surface area contributed by atoms with Crippen LogP contribution in [0.15, 0.2) is 30.5 Å². The minimum absolute atomic E-state index is 0.107. The molecule has 2 aliphatic rings. The van der Waals surface area contributed by atoms with Gasteiger partial charge in [0.05, 0.1) is 31.6 Å². The van der Waals surface area contributed by atoms with Crippen LogP contribution in [0, 0.1) is 0 Å². The fraction of sp³-hybridized carbons (Fsp3) is 0.538. The molecule has 42 heavy (non-hydrogen) atoms. The number of rotatable bonds is 8. The molecular formula is C26H34F3N7O5S. The summed E-state index contributed by atoms with van der Waals surface area (Å²) in [5.41, 5.74) is 1.92. The van der Waals surface area contributed by atoms with Crippen LogP contribution in [0.25, 0.3) is 10.9 Å². The maximum absolute atomic E-state index is 12.6. The van der Waals surface area contributed by atoms with Gasteiger partial charge in [-0.25, -0.2) is 22.5 Å². The molecule has 1 fully saturated rings. The monoisotopic (exact) mass is 613 g/mol. The number of nitrogens with zero attached hydrogens (tertiary/aromatic N) is 6. The number of aliphatic carboxylic acids is 1. The van der Waals surface area contributed by atoms with Crippen molar-refractivity contribution in [2.45, 2.75) is 57.9 Å². The average molecular weight is 614 g/mol. The number of halogens is 3. The van der Waals surface area contributed by atoms with Crippen molar-refractivity contribution in [2.24, 2.45) is 0 Å². The average Bonchev–Trinajstić information content (AvgIpc) is 3.44. The second-order valence-electron chi connectivity index (χ2n) is 9.98. The van der Waals surface area contributed by atoms with E-state index >= 15 is 0 Å². The molecule has 3 aromatic rings. The Morgan fingerprint density at radius 2 is 1.86 bits per heavy atom. The number of aromatic nitrogens is 4. The number of carbonyl (C=O) groups is 1. The maximum Gasteiger partial charge on any atom is 0.490 e. The molecule has 5 rings (SSSR count). The van der Waals surface area contributed by atoms with Gasteiger partial charge in [-0.1, -0.05) is 19.4 Å². The summed E-state index contributed by atoms with van der Waals surface area (Å²) in [5.74, 6) is -0.416. The molecular weight excluding hydrogens is 579 g/mol. The maximum atomic E-state index is 12.6. The topological polar surface area (TPSA) is 143 Å². The number of sulfonamides is 1. The van der Waals surface area contributed by atoms with Crippen molar-refractivity contribution in [2.75, 3.05) is 42.7 Å². The highest BCUT2D eigenvalue weighted by atomic mass is 32.2. The molecule has 0 aliphatic carbocycles. The summed E-state index contributed by atoms with van der Waals surface area (Å²) in [4.78, 5) is 20.9. The number of ether oxygens (including phenoxy) is 1. The fourth-order valence-electron chi connectivity index (χ4n) is 4.86. The number of fused-ring (bicyclic) bond motifs is 2. The predicted molar refractivity (Wildman–Crippen MR) is 150 cm³/mol. The Morgan fingerprint density at radius 3 is 2.50 bits per heavy atom. The largest absolute Gasteiger partial charge is 0.494 e. The van der Waals surface area contributed by atoms with E-state index in [2.05, 4.69) is 15.3 Å². The molecule has 0 atom stereocenters. The van der Waals surface area contributed by atoms with Crippen LogP contribution in [0.1, 0.15) is 38.3 Å². The van der Waals surface area contributed by atoms with Crippen molar-refractivity contribution in [1.29, 1.82) is 0 Å². The Labute approximate surface area is 241 Å². The second-order valence-corrected chi connectivity index (χ2v) is 12.1. The summed E-state index contributed by atoms with van der Waals surface area (Å²) < 4.78 is 66.2. The lowest BCUT2D eigenvalue weighted by molar-refractivity contribution is -0.192. The Bertz CT molecular complexity index is 1490. The van der Waals surface area contributed by atoms with E-state index in [1.54, 1.807) is 11.4 Å². The third-order valence-electron chi connectivity index (χ3n) is 7.11. The first-order chi connectivity index (χ1) is 19.9. The van der Waals surface area contributed by atoms with Crippen molar-refractivity contribution in [3.8, 4) is 5.75 Å². The fourth-order valence-corrected chi connectivity index (χ4v) is 6.54. The third kappa shape index (κ3) is 7.40. The first-order valence-electron chi connectivity index (χ1n) is 13.6. The van der Waals surface area contributed by atoms with E-state index in [0.717, 1.165) is 61.3 Å². The summed E-state index contributed by atoms with van der Waals surface area (Å²) in [7, 11) is -1.53. The normalized spacial score (nSPS) is 16.5. The Morgan fingerprint density at radius 1 is 1.14 bits per heavy atom. The van der Waals surface area contributed by atoms with Gasteiger partial charge in [0, 0.05) is 37.3 Å². The number of carboxylic acids is 1. The molecule has 0 spiro atoms. The van der Waals surface area contributed by atoms with E-state index in [4.69, 9.17) is 24.6 Å². The number of anilines is 2. The molecule has 0 radical (unpaired) electrons. The van der Waals surface area contributed by atoms with Crippen molar-refractivity contribution in [3.05, 3.63) is 36.2 Å². The van der Waals surface area contributed by atoms with E-state index in [-0.39, 0.29) is 11.8 Å². The molecule has 0 saturated carbocycles. The molecule has 12 nitrogen and oxygen atoms in total. The first kappa shape index (κ1) is 31.3.